The van der Waals surface area contributed by atoms with E-state index in [1.54, 1.807) is 4.90 Å². The monoisotopic (exact) mass is 408 g/mol. The van der Waals surface area contributed by atoms with Crippen molar-refractivity contribution in [1.29, 1.82) is 0 Å². The third-order valence-corrected chi connectivity index (χ3v) is 5.01. The number of amides is 1. The lowest BCUT2D eigenvalue weighted by molar-refractivity contribution is -0.144. The number of carbonyl (C=O) groups is 1. The number of rotatable bonds is 2. The molecule has 5 nitrogen and oxygen atoms in total. The molecular formula is C19H16ClF3N4O. The average molecular weight is 409 g/mol. The number of carbonyl (C=O) groups excluding carboxylic acids is 1. The summed E-state index contributed by atoms with van der Waals surface area (Å²) in [4.78, 5) is 22.4. The summed E-state index contributed by atoms with van der Waals surface area (Å²) in [6.45, 7) is 2.38. The van der Waals surface area contributed by atoms with Gasteiger partial charge in [-0.3, -0.25) is 4.79 Å². The van der Waals surface area contributed by atoms with Crippen molar-refractivity contribution in [1.82, 2.24) is 14.9 Å². The van der Waals surface area contributed by atoms with E-state index in [1.165, 1.54) is 18.2 Å². The standard InChI is InChI=1S/C19H16ClF3N4O/c20-13-2-4-14(5-3-13)26-7-9-27(10-8-26)17(28)12-1-6-15-16(11-12)25-18(24-15)19(21,22)23/h1-6,11H,7-10H2,(H,24,25). The van der Waals surface area contributed by atoms with E-state index in [9.17, 15) is 18.0 Å². The number of imidazole rings is 1. The molecule has 28 heavy (non-hydrogen) atoms. The maximum absolute atomic E-state index is 12.8. The van der Waals surface area contributed by atoms with Gasteiger partial charge in [-0.2, -0.15) is 13.2 Å². The molecule has 3 aromatic rings. The van der Waals surface area contributed by atoms with Crippen molar-refractivity contribution < 1.29 is 18.0 Å². The Labute approximate surface area is 163 Å². The number of nitrogens with one attached hydrogen (secondary N) is 1. The van der Waals surface area contributed by atoms with Crippen molar-refractivity contribution in [3.05, 3.63) is 58.9 Å². The molecule has 0 aliphatic carbocycles. The van der Waals surface area contributed by atoms with E-state index in [-0.39, 0.29) is 16.9 Å². The molecule has 1 aromatic heterocycles. The minimum Gasteiger partial charge on any atom is -0.368 e. The van der Waals surface area contributed by atoms with Crippen molar-refractivity contribution in [3.63, 3.8) is 0 Å². The first-order chi connectivity index (χ1) is 13.3. The Bertz CT molecular complexity index is 1010. The van der Waals surface area contributed by atoms with Crippen molar-refractivity contribution in [2.24, 2.45) is 0 Å². The van der Waals surface area contributed by atoms with Gasteiger partial charge in [0.1, 0.15) is 0 Å². The fourth-order valence-corrected chi connectivity index (χ4v) is 3.41. The maximum atomic E-state index is 12.8. The largest absolute Gasteiger partial charge is 0.449 e. The minimum atomic E-state index is -4.55. The molecule has 0 unspecified atom stereocenters. The minimum absolute atomic E-state index is 0.177. The van der Waals surface area contributed by atoms with Gasteiger partial charge in [0.2, 0.25) is 5.82 Å². The number of alkyl halides is 3. The van der Waals surface area contributed by atoms with Crippen molar-refractivity contribution in [3.8, 4) is 0 Å². The van der Waals surface area contributed by atoms with Crippen molar-refractivity contribution in [2.75, 3.05) is 31.1 Å². The SMILES string of the molecule is O=C(c1ccc2nc(C(F)(F)F)[nH]c2c1)N1CCN(c2ccc(Cl)cc2)CC1. The average Bonchev–Trinajstić information content (AvgIpc) is 3.12. The molecule has 0 spiro atoms. The number of hydrogen-bond acceptors (Lipinski definition) is 3. The number of anilines is 1. The number of nitrogens with zero attached hydrogens (tertiary/aromatic N) is 3. The molecule has 146 valence electrons. The normalized spacial score (nSPS) is 15.3. The first kappa shape index (κ1) is 18.6. The number of aromatic amines is 1. The summed E-state index contributed by atoms with van der Waals surface area (Å²) < 4.78 is 38.4. The van der Waals surface area contributed by atoms with Crippen molar-refractivity contribution >= 4 is 34.2 Å². The molecule has 1 aliphatic rings. The Hall–Kier alpha value is -2.74. The van der Waals surface area contributed by atoms with Crippen LogP contribution in [0.4, 0.5) is 18.9 Å². The summed E-state index contributed by atoms with van der Waals surface area (Å²) in [7, 11) is 0. The van der Waals surface area contributed by atoms with Crippen molar-refractivity contribution in [2.45, 2.75) is 6.18 Å². The Kier molecular flexibility index (Phi) is 4.66. The Balaban J connectivity index is 1.47. The van der Waals surface area contributed by atoms with Crippen LogP contribution in [0.3, 0.4) is 0 Å². The van der Waals surface area contributed by atoms with Gasteiger partial charge in [-0.05, 0) is 42.5 Å². The van der Waals surface area contributed by atoms with Crippen LogP contribution < -0.4 is 4.90 Å². The molecule has 1 amide bonds. The predicted octanol–water partition coefficient (Wildman–Crippen LogP) is 4.20. The highest BCUT2D eigenvalue weighted by atomic mass is 35.5. The van der Waals surface area contributed by atoms with Crippen LogP contribution in [0, 0.1) is 0 Å². The van der Waals surface area contributed by atoms with Crippen LogP contribution >= 0.6 is 11.6 Å². The van der Waals surface area contributed by atoms with Crippen LogP contribution in [-0.4, -0.2) is 47.0 Å². The number of benzene rings is 2. The molecule has 0 bridgehead atoms. The van der Waals surface area contributed by atoms with Gasteiger partial charge in [-0.15, -0.1) is 0 Å². The van der Waals surface area contributed by atoms with Gasteiger partial charge in [-0.25, -0.2) is 4.98 Å². The molecule has 2 heterocycles. The van der Waals surface area contributed by atoms with E-state index >= 15 is 0 Å². The maximum Gasteiger partial charge on any atom is 0.449 e. The lowest BCUT2D eigenvalue weighted by Gasteiger charge is -2.36. The molecule has 2 aromatic carbocycles. The fourth-order valence-electron chi connectivity index (χ4n) is 3.28. The van der Waals surface area contributed by atoms with Crippen LogP contribution in [0.1, 0.15) is 16.2 Å². The molecule has 1 N–H and O–H groups in total. The summed E-state index contributed by atoms with van der Waals surface area (Å²) in [6, 6.07) is 11.9. The topological polar surface area (TPSA) is 52.2 Å². The molecular weight excluding hydrogens is 393 g/mol. The van der Waals surface area contributed by atoms with E-state index in [1.807, 2.05) is 24.3 Å². The number of aromatic nitrogens is 2. The van der Waals surface area contributed by atoms with Gasteiger partial charge >= 0.3 is 6.18 Å². The molecule has 9 heteroatoms. The van der Waals surface area contributed by atoms with Gasteiger partial charge in [-0.1, -0.05) is 11.6 Å². The number of fused-ring (bicyclic) bond motifs is 1. The van der Waals surface area contributed by atoms with E-state index in [4.69, 9.17) is 11.6 Å². The van der Waals surface area contributed by atoms with E-state index in [0.717, 1.165) is 5.69 Å². The van der Waals surface area contributed by atoms with Crippen LogP contribution in [0.5, 0.6) is 0 Å². The van der Waals surface area contributed by atoms with Gasteiger partial charge in [0, 0.05) is 42.5 Å². The summed E-state index contributed by atoms with van der Waals surface area (Å²) in [5.41, 5.74) is 1.74. The quantitative estimate of drug-likeness (QED) is 0.691. The lowest BCUT2D eigenvalue weighted by Crippen LogP contribution is -2.48. The zero-order valence-electron chi connectivity index (χ0n) is 14.6. The Morgan fingerprint density at radius 1 is 1.04 bits per heavy atom. The van der Waals surface area contributed by atoms with Gasteiger partial charge in [0.15, 0.2) is 0 Å². The number of halogens is 4. The predicted molar refractivity (Wildman–Crippen MR) is 101 cm³/mol. The first-order valence-electron chi connectivity index (χ1n) is 8.68. The molecule has 1 saturated heterocycles. The zero-order valence-corrected chi connectivity index (χ0v) is 15.4. The summed E-state index contributed by atoms with van der Waals surface area (Å²) in [5.74, 6) is -1.27. The molecule has 0 atom stereocenters. The van der Waals surface area contributed by atoms with Gasteiger partial charge in [0.25, 0.3) is 5.91 Å². The van der Waals surface area contributed by atoms with E-state index in [0.29, 0.717) is 36.8 Å². The first-order valence-corrected chi connectivity index (χ1v) is 9.06. The number of H-pyrrole nitrogens is 1. The highest BCUT2D eigenvalue weighted by Crippen LogP contribution is 2.29. The Morgan fingerprint density at radius 3 is 2.36 bits per heavy atom. The van der Waals surface area contributed by atoms with Crippen LogP contribution in [0.2, 0.25) is 5.02 Å². The van der Waals surface area contributed by atoms with Gasteiger partial charge in [0.05, 0.1) is 11.0 Å². The van der Waals surface area contributed by atoms with E-state index < -0.39 is 12.0 Å². The smallest absolute Gasteiger partial charge is 0.368 e. The second kappa shape index (κ2) is 7.01. The summed E-state index contributed by atoms with van der Waals surface area (Å²) in [5, 5.41) is 0.667. The van der Waals surface area contributed by atoms with Gasteiger partial charge < -0.3 is 14.8 Å². The Morgan fingerprint density at radius 2 is 1.71 bits per heavy atom. The molecule has 0 saturated carbocycles. The second-order valence-corrected chi connectivity index (χ2v) is 7.01. The summed E-state index contributed by atoms with van der Waals surface area (Å²) in [6.07, 6.45) is -4.55. The zero-order chi connectivity index (χ0) is 19.9. The fraction of sp³-hybridized carbons (Fsp3) is 0.263. The summed E-state index contributed by atoms with van der Waals surface area (Å²) >= 11 is 5.91. The van der Waals surface area contributed by atoms with E-state index in [2.05, 4.69) is 14.9 Å². The third-order valence-electron chi connectivity index (χ3n) is 4.76. The highest BCUT2D eigenvalue weighted by Gasteiger charge is 2.34. The molecule has 1 fully saturated rings. The third kappa shape index (κ3) is 3.64. The van der Waals surface area contributed by atoms with Crippen LogP contribution in [0.25, 0.3) is 11.0 Å². The molecule has 4 rings (SSSR count). The molecule has 1 aliphatic heterocycles. The lowest BCUT2D eigenvalue weighted by atomic mass is 10.1. The van der Waals surface area contributed by atoms with Crippen LogP contribution in [-0.2, 0) is 6.18 Å². The highest BCUT2D eigenvalue weighted by molar-refractivity contribution is 6.30. The second-order valence-electron chi connectivity index (χ2n) is 6.57. The number of piperazine rings is 1. The molecule has 0 radical (unpaired) electrons. The van der Waals surface area contributed by atoms with Crippen LogP contribution in [0.15, 0.2) is 42.5 Å². The number of hydrogen-bond donors (Lipinski definition) is 1.